The van der Waals surface area contributed by atoms with Crippen molar-refractivity contribution < 1.29 is 14.7 Å². The zero-order chi connectivity index (χ0) is 12.1. The topological polar surface area (TPSA) is 57.6 Å². The quantitative estimate of drug-likeness (QED) is 0.727. The average molecular weight is 248 g/mol. The van der Waals surface area contributed by atoms with Gasteiger partial charge in [0.25, 0.3) is 0 Å². The molecule has 16 heavy (non-hydrogen) atoms. The second-order valence-corrected chi connectivity index (χ2v) is 4.58. The van der Waals surface area contributed by atoms with Crippen molar-refractivity contribution in [3.63, 3.8) is 0 Å². The summed E-state index contributed by atoms with van der Waals surface area (Å²) in [4.78, 5) is 24.2. The molecule has 1 heterocycles. The van der Waals surface area contributed by atoms with Gasteiger partial charge in [0, 0.05) is 18.8 Å². The van der Waals surface area contributed by atoms with Crippen LogP contribution in [0.5, 0.6) is 0 Å². The molecule has 1 amide bonds. The van der Waals surface area contributed by atoms with E-state index in [1.807, 2.05) is 6.92 Å². The number of rotatable bonds is 6. The van der Waals surface area contributed by atoms with Gasteiger partial charge in [0.2, 0.25) is 5.91 Å². The van der Waals surface area contributed by atoms with Gasteiger partial charge in [0.05, 0.1) is 0 Å². The van der Waals surface area contributed by atoms with E-state index in [0.717, 1.165) is 12.8 Å². The molecule has 1 aliphatic rings. The molecule has 92 valence electrons. The third kappa shape index (κ3) is 3.11. The van der Waals surface area contributed by atoms with Crippen LogP contribution in [0.1, 0.15) is 32.6 Å². The Morgan fingerprint density at radius 1 is 1.69 bits per heavy atom. The first-order valence-electron chi connectivity index (χ1n) is 5.68. The van der Waals surface area contributed by atoms with Crippen LogP contribution in [0.2, 0.25) is 0 Å². The maximum absolute atomic E-state index is 11.7. The SMILES string of the molecule is CCCCC(C(=O)O)N1CC(CCl)CC1=O. The number of unbranched alkanes of at least 4 members (excludes halogenated alkanes) is 1. The van der Waals surface area contributed by atoms with E-state index in [1.54, 1.807) is 0 Å². The van der Waals surface area contributed by atoms with Gasteiger partial charge >= 0.3 is 5.97 Å². The van der Waals surface area contributed by atoms with E-state index in [2.05, 4.69) is 0 Å². The molecular weight excluding hydrogens is 230 g/mol. The third-order valence-electron chi connectivity index (χ3n) is 2.95. The average Bonchev–Trinajstić information content (AvgIpc) is 2.60. The van der Waals surface area contributed by atoms with E-state index in [9.17, 15) is 9.59 Å². The van der Waals surface area contributed by atoms with Crippen molar-refractivity contribution in [2.24, 2.45) is 5.92 Å². The Balaban J connectivity index is 2.64. The number of aliphatic carboxylic acids is 1. The molecule has 1 rings (SSSR count). The highest BCUT2D eigenvalue weighted by Crippen LogP contribution is 2.23. The van der Waals surface area contributed by atoms with Crippen molar-refractivity contribution >= 4 is 23.5 Å². The van der Waals surface area contributed by atoms with Crippen molar-refractivity contribution in [1.29, 1.82) is 0 Å². The number of carbonyl (C=O) groups excluding carboxylic acids is 1. The standard InChI is InChI=1S/C11H18ClNO3/c1-2-3-4-9(11(15)16)13-7-8(6-12)5-10(13)14/h8-9H,2-7H2,1H3,(H,15,16). The van der Waals surface area contributed by atoms with E-state index in [-0.39, 0.29) is 11.8 Å². The van der Waals surface area contributed by atoms with Crippen molar-refractivity contribution in [3.8, 4) is 0 Å². The molecule has 1 aliphatic heterocycles. The van der Waals surface area contributed by atoms with Crippen LogP contribution in [0.25, 0.3) is 0 Å². The Hall–Kier alpha value is -0.770. The number of carboxylic acid groups (broad SMARTS) is 1. The van der Waals surface area contributed by atoms with E-state index in [0.29, 0.717) is 25.3 Å². The van der Waals surface area contributed by atoms with Crippen LogP contribution in [0.15, 0.2) is 0 Å². The van der Waals surface area contributed by atoms with Crippen LogP contribution >= 0.6 is 11.6 Å². The molecule has 0 aromatic rings. The lowest BCUT2D eigenvalue weighted by atomic mass is 10.1. The van der Waals surface area contributed by atoms with Crippen LogP contribution in [0.4, 0.5) is 0 Å². The molecule has 2 atom stereocenters. The van der Waals surface area contributed by atoms with Crippen LogP contribution in [0, 0.1) is 5.92 Å². The predicted molar refractivity (Wildman–Crippen MR) is 61.5 cm³/mol. The normalized spacial score (nSPS) is 22.5. The summed E-state index contributed by atoms with van der Waals surface area (Å²) in [6.07, 6.45) is 2.68. The van der Waals surface area contributed by atoms with Gasteiger partial charge in [0.15, 0.2) is 0 Å². The van der Waals surface area contributed by atoms with Gasteiger partial charge in [-0.15, -0.1) is 11.6 Å². The molecule has 4 nitrogen and oxygen atoms in total. The molecule has 0 spiro atoms. The smallest absolute Gasteiger partial charge is 0.326 e. The second-order valence-electron chi connectivity index (χ2n) is 4.27. The molecule has 1 fully saturated rings. The Bertz CT molecular complexity index is 270. The summed E-state index contributed by atoms with van der Waals surface area (Å²) in [6, 6.07) is -0.666. The Kier molecular flexibility index (Phi) is 5.06. The van der Waals surface area contributed by atoms with Gasteiger partial charge in [-0.05, 0) is 12.3 Å². The molecule has 0 aromatic carbocycles. The maximum Gasteiger partial charge on any atom is 0.326 e. The summed E-state index contributed by atoms with van der Waals surface area (Å²) < 4.78 is 0. The van der Waals surface area contributed by atoms with Crippen molar-refractivity contribution in [1.82, 2.24) is 4.90 Å². The molecule has 5 heteroatoms. The maximum atomic E-state index is 11.7. The fourth-order valence-corrected chi connectivity index (χ4v) is 2.23. The Morgan fingerprint density at radius 2 is 2.38 bits per heavy atom. The van der Waals surface area contributed by atoms with E-state index in [4.69, 9.17) is 16.7 Å². The fraction of sp³-hybridized carbons (Fsp3) is 0.818. The van der Waals surface area contributed by atoms with Gasteiger partial charge in [-0.2, -0.15) is 0 Å². The highest BCUT2D eigenvalue weighted by molar-refractivity contribution is 6.18. The minimum Gasteiger partial charge on any atom is -0.480 e. The Morgan fingerprint density at radius 3 is 2.81 bits per heavy atom. The number of hydrogen-bond acceptors (Lipinski definition) is 2. The molecule has 2 unspecified atom stereocenters. The van der Waals surface area contributed by atoms with Crippen LogP contribution in [-0.2, 0) is 9.59 Å². The monoisotopic (exact) mass is 247 g/mol. The molecular formula is C11H18ClNO3. The first-order chi connectivity index (χ1) is 7.60. The summed E-state index contributed by atoms with van der Waals surface area (Å²) >= 11 is 5.70. The number of nitrogens with zero attached hydrogens (tertiary/aromatic N) is 1. The number of likely N-dealkylation sites (tertiary alicyclic amines) is 1. The zero-order valence-corrected chi connectivity index (χ0v) is 10.2. The molecule has 1 N–H and O–H groups in total. The van der Waals surface area contributed by atoms with Crippen LogP contribution in [0.3, 0.4) is 0 Å². The minimum atomic E-state index is -0.906. The number of halogens is 1. The molecule has 0 radical (unpaired) electrons. The lowest BCUT2D eigenvalue weighted by molar-refractivity contribution is -0.148. The molecule has 0 bridgehead atoms. The number of hydrogen-bond donors (Lipinski definition) is 1. The van der Waals surface area contributed by atoms with Crippen molar-refractivity contribution in [2.45, 2.75) is 38.6 Å². The second kappa shape index (κ2) is 6.09. The number of carboxylic acids is 1. The van der Waals surface area contributed by atoms with Gasteiger partial charge < -0.3 is 10.0 Å². The lowest BCUT2D eigenvalue weighted by Crippen LogP contribution is -2.42. The van der Waals surface area contributed by atoms with Gasteiger partial charge in [-0.3, -0.25) is 4.79 Å². The van der Waals surface area contributed by atoms with Crippen LogP contribution in [-0.4, -0.2) is 40.3 Å². The van der Waals surface area contributed by atoms with Crippen molar-refractivity contribution in [2.75, 3.05) is 12.4 Å². The summed E-state index contributed by atoms with van der Waals surface area (Å²) in [5.74, 6) is -0.452. The summed E-state index contributed by atoms with van der Waals surface area (Å²) in [6.45, 7) is 2.50. The van der Waals surface area contributed by atoms with Gasteiger partial charge in [0.1, 0.15) is 6.04 Å². The van der Waals surface area contributed by atoms with E-state index >= 15 is 0 Å². The van der Waals surface area contributed by atoms with Gasteiger partial charge in [-0.25, -0.2) is 4.79 Å². The predicted octanol–water partition coefficient (Wildman–Crippen LogP) is 1.72. The highest BCUT2D eigenvalue weighted by atomic mass is 35.5. The largest absolute Gasteiger partial charge is 0.480 e. The molecule has 0 saturated carbocycles. The van der Waals surface area contributed by atoms with E-state index in [1.165, 1.54) is 4.90 Å². The third-order valence-corrected chi connectivity index (χ3v) is 3.39. The molecule has 0 aromatic heterocycles. The summed E-state index contributed by atoms with van der Waals surface area (Å²) in [5.41, 5.74) is 0. The zero-order valence-electron chi connectivity index (χ0n) is 9.49. The lowest BCUT2D eigenvalue weighted by Gasteiger charge is -2.24. The summed E-state index contributed by atoms with van der Waals surface area (Å²) in [7, 11) is 0. The Labute approximate surface area is 101 Å². The number of alkyl halides is 1. The van der Waals surface area contributed by atoms with Crippen LogP contribution < -0.4 is 0 Å². The summed E-state index contributed by atoms with van der Waals surface area (Å²) in [5, 5.41) is 9.11. The van der Waals surface area contributed by atoms with E-state index < -0.39 is 12.0 Å². The minimum absolute atomic E-state index is 0.0749. The number of carbonyl (C=O) groups is 2. The number of amides is 1. The highest BCUT2D eigenvalue weighted by Gasteiger charge is 2.36. The first kappa shape index (κ1) is 13.3. The molecule has 1 saturated heterocycles. The van der Waals surface area contributed by atoms with Crippen molar-refractivity contribution in [3.05, 3.63) is 0 Å². The first-order valence-corrected chi connectivity index (χ1v) is 6.21. The molecule has 0 aliphatic carbocycles. The van der Waals surface area contributed by atoms with Gasteiger partial charge in [-0.1, -0.05) is 19.8 Å². The fourth-order valence-electron chi connectivity index (χ4n) is 2.02.